The lowest BCUT2D eigenvalue weighted by Gasteiger charge is -2.10. The Morgan fingerprint density at radius 1 is 0.923 bits per heavy atom. The summed E-state index contributed by atoms with van der Waals surface area (Å²) in [6.45, 7) is 1.42. The van der Waals surface area contributed by atoms with Gasteiger partial charge in [-0.15, -0.1) is 0 Å². The molecule has 0 saturated carbocycles. The van der Waals surface area contributed by atoms with Gasteiger partial charge in [-0.05, 0) is 42.0 Å². The Morgan fingerprint density at radius 2 is 1.50 bits per heavy atom. The Hall–Kier alpha value is -3.12. The molecule has 0 atom stereocenters. The summed E-state index contributed by atoms with van der Waals surface area (Å²) in [5.74, 6) is -0.961. The van der Waals surface area contributed by atoms with Crippen LogP contribution in [0.4, 0.5) is 11.4 Å². The summed E-state index contributed by atoms with van der Waals surface area (Å²) >= 11 is 5.91. The maximum Gasteiger partial charge on any atom is 0.277 e. The molecule has 2 aromatic carbocycles. The Balaban J connectivity index is 1.96. The zero-order valence-corrected chi connectivity index (χ0v) is 14.9. The van der Waals surface area contributed by atoms with E-state index in [-0.39, 0.29) is 17.5 Å². The van der Waals surface area contributed by atoms with Gasteiger partial charge in [0.1, 0.15) is 5.70 Å². The van der Waals surface area contributed by atoms with Gasteiger partial charge in [-0.1, -0.05) is 23.7 Å². The fourth-order valence-electron chi connectivity index (χ4n) is 2.63. The predicted octanol–water partition coefficient (Wildman–Crippen LogP) is 3.12. The molecule has 26 heavy (non-hydrogen) atoms. The van der Waals surface area contributed by atoms with Crippen LogP contribution in [0.1, 0.15) is 12.5 Å². The van der Waals surface area contributed by atoms with E-state index in [4.69, 9.17) is 11.6 Å². The molecule has 7 heteroatoms. The van der Waals surface area contributed by atoms with Crippen molar-refractivity contribution in [1.82, 2.24) is 4.90 Å². The fraction of sp³-hybridized carbons (Fsp3) is 0.105. The zero-order valence-electron chi connectivity index (χ0n) is 14.2. The Bertz CT molecular complexity index is 918. The molecule has 6 nitrogen and oxygen atoms in total. The van der Waals surface area contributed by atoms with Crippen LogP contribution in [0, 0.1) is 0 Å². The molecule has 3 rings (SSSR count). The zero-order chi connectivity index (χ0) is 18.8. The van der Waals surface area contributed by atoms with Crippen molar-refractivity contribution in [3.05, 3.63) is 64.8 Å². The van der Waals surface area contributed by atoms with Crippen LogP contribution in [0.15, 0.2) is 54.2 Å². The maximum atomic E-state index is 12.5. The summed E-state index contributed by atoms with van der Waals surface area (Å²) in [5.41, 5.74) is 2.36. The van der Waals surface area contributed by atoms with E-state index in [0.29, 0.717) is 27.5 Å². The molecule has 0 aliphatic carbocycles. The van der Waals surface area contributed by atoms with Crippen LogP contribution in [0.25, 0.3) is 5.57 Å². The van der Waals surface area contributed by atoms with Gasteiger partial charge in [0.15, 0.2) is 0 Å². The summed E-state index contributed by atoms with van der Waals surface area (Å²) in [6, 6.07) is 13.6. The number of benzene rings is 2. The number of likely N-dealkylation sites (N-methyl/N-ethyl adjacent to an activating group) is 1. The largest absolute Gasteiger partial charge is 0.350 e. The van der Waals surface area contributed by atoms with Crippen LogP contribution in [0.2, 0.25) is 5.02 Å². The number of halogens is 1. The number of hydrogen-bond donors (Lipinski definition) is 2. The molecule has 1 aliphatic rings. The highest BCUT2D eigenvalue weighted by atomic mass is 35.5. The van der Waals surface area contributed by atoms with Gasteiger partial charge < -0.3 is 10.6 Å². The number of amides is 3. The average Bonchev–Trinajstić information content (AvgIpc) is 2.81. The molecule has 0 fully saturated rings. The van der Waals surface area contributed by atoms with Crippen molar-refractivity contribution in [2.45, 2.75) is 6.92 Å². The van der Waals surface area contributed by atoms with Crippen molar-refractivity contribution in [2.24, 2.45) is 0 Å². The first-order valence-corrected chi connectivity index (χ1v) is 8.22. The minimum atomic E-state index is -0.411. The second kappa shape index (κ2) is 7.01. The Kier molecular flexibility index (Phi) is 4.77. The van der Waals surface area contributed by atoms with E-state index in [1.807, 2.05) is 0 Å². The number of nitrogens with one attached hydrogen (secondary N) is 2. The third kappa shape index (κ3) is 3.45. The first kappa shape index (κ1) is 17.7. The predicted molar refractivity (Wildman–Crippen MR) is 101 cm³/mol. The molecule has 1 heterocycles. The highest BCUT2D eigenvalue weighted by Gasteiger charge is 2.36. The SMILES string of the molecule is CC(=O)Nc1ccc(NC2=C(c3ccc(Cl)cc3)C(=O)N(C)C2=O)cc1. The van der Waals surface area contributed by atoms with E-state index in [1.54, 1.807) is 48.5 Å². The molecule has 0 spiro atoms. The fourth-order valence-corrected chi connectivity index (χ4v) is 2.75. The topological polar surface area (TPSA) is 78.5 Å². The van der Waals surface area contributed by atoms with E-state index in [1.165, 1.54) is 14.0 Å². The minimum Gasteiger partial charge on any atom is -0.350 e. The highest BCUT2D eigenvalue weighted by Crippen LogP contribution is 2.30. The number of carbonyl (C=O) groups excluding carboxylic acids is 3. The second-order valence-electron chi connectivity index (χ2n) is 5.81. The van der Waals surface area contributed by atoms with Gasteiger partial charge in [0.2, 0.25) is 5.91 Å². The minimum absolute atomic E-state index is 0.170. The molecule has 0 aromatic heterocycles. The monoisotopic (exact) mass is 369 g/mol. The van der Waals surface area contributed by atoms with Crippen LogP contribution in [-0.4, -0.2) is 29.7 Å². The molecular weight excluding hydrogens is 354 g/mol. The van der Waals surface area contributed by atoms with Gasteiger partial charge in [0.25, 0.3) is 11.8 Å². The summed E-state index contributed by atoms with van der Waals surface area (Å²) < 4.78 is 0. The Labute approximate surface area is 155 Å². The van der Waals surface area contributed by atoms with Gasteiger partial charge in [-0.25, -0.2) is 0 Å². The van der Waals surface area contributed by atoms with Crippen molar-refractivity contribution >= 4 is 46.3 Å². The summed E-state index contributed by atoms with van der Waals surface area (Å²) in [6.07, 6.45) is 0. The van der Waals surface area contributed by atoms with Gasteiger partial charge in [0.05, 0.1) is 5.57 Å². The lowest BCUT2D eigenvalue weighted by Crippen LogP contribution is -2.27. The number of imide groups is 1. The number of carbonyl (C=O) groups is 3. The number of anilines is 2. The normalized spacial score (nSPS) is 14.0. The van der Waals surface area contributed by atoms with E-state index in [9.17, 15) is 14.4 Å². The van der Waals surface area contributed by atoms with Crippen molar-refractivity contribution in [3.8, 4) is 0 Å². The molecule has 2 N–H and O–H groups in total. The molecule has 0 unspecified atom stereocenters. The van der Waals surface area contributed by atoms with Crippen molar-refractivity contribution in [3.63, 3.8) is 0 Å². The van der Waals surface area contributed by atoms with Gasteiger partial charge in [0, 0.05) is 30.4 Å². The molecular formula is C19H16ClN3O3. The lowest BCUT2D eigenvalue weighted by molar-refractivity contribution is -0.135. The number of rotatable bonds is 4. The number of hydrogen-bond acceptors (Lipinski definition) is 4. The lowest BCUT2D eigenvalue weighted by atomic mass is 10.0. The smallest absolute Gasteiger partial charge is 0.277 e. The van der Waals surface area contributed by atoms with Crippen LogP contribution in [0.5, 0.6) is 0 Å². The van der Waals surface area contributed by atoms with Gasteiger partial charge in [-0.3, -0.25) is 19.3 Å². The van der Waals surface area contributed by atoms with Crippen LogP contribution in [0.3, 0.4) is 0 Å². The molecule has 0 bridgehead atoms. The van der Waals surface area contributed by atoms with Gasteiger partial charge >= 0.3 is 0 Å². The van der Waals surface area contributed by atoms with Crippen molar-refractivity contribution in [2.75, 3.05) is 17.7 Å². The van der Waals surface area contributed by atoms with Gasteiger partial charge in [-0.2, -0.15) is 0 Å². The number of nitrogens with zero attached hydrogens (tertiary/aromatic N) is 1. The van der Waals surface area contributed by atoms with Crippen LogP contribution < -0.4 is 10.6 Å². The highest BCUT2D eigenvalue weighted by molar-refractivity contribution is 6.36. The van der Waals surface area contributed by atoms with Crippen LogP contribution in [-0.2, 0) is 14.4 Å². The van der Waals surface area contributed by atoms with Crippen LogP contribution >= 0.6 is 11.6 Å². The third-order valence-corrected chi connectivity index (χ3v) is 4.15. The van der Waals surface area contributed by atoms with E-state index >= 15 is 0 Å². The van der Waals surface area contributed by atoms with E-state index < -0.39 is 5.91 Å². The van der Waals surface area contributed by atoms with Crippen molar-refractivity contribution < 1.29 is 14.4 Å². The molecule has 2 aromatic rings. The Morgan fingerprint density at radius 3 is 2.08 bits per heavy atom. The van der Waals surface area contributed by atoms with E-state index in [2.05, 4.69) is 10.6 Å². The molecule has 132 valence electrons. The molecule has 0 radical (unpaired) electrons. The molecule has 1 aliphatic heterocycles. The van der Waals surface area contributed by atoms with Crippen molar-refractivity contribution in [1.29, 1.82) is 0 Å². The summed E-state index contributed by atoms with van der Waals surface area (Å²) in [7, 11) is 1.44. The summed E-state index contributed by atoms with van der Waals surface area (Å²) in [5, 5.41) is 6.23. The second-order valence-corrected chi connectivity index (χ2v) is 6.25. The van der Waals surface area contributed by atoms with E-state index in [0.717, 1.165) is 4.90 Å². The first-order valence-electron chi connectivity index (χ1n) is 7.84. The third-order valence-electron chi connectivity index (χ3n) is 3.89. The quantitative estimate of drug-likeness (QED) is 0.812. The summed E-state index contributed by atoms with van der Waals surface area (Å²) in [4.78, 5) is 37.1. The standard InChI is InChI=1S/C19H16ClN3O3/c1-11(24)21-14-7-9-15(10-8-14)22-17-16(18(25)23(2)19(17)26)12-3-5-13(20)6-4-12/h3-10,22H,1-2H3,(H,21,24). The molecule has 0 saturated heterocycles. The average molecular weight is 370 g/mol. The molecule has 3 amide bonds. The maximum absolute atomic E-state index is 12.5. The first-order chi connectivity index (χ1) is 12.4.